The number of hydrogen-bond donors (Lipinski definition) is 1. The molecule has 0 unspecified atom stereocenters. The summed E-state index contributed by atoms with van der Waals surface area (Å²) in [6.07, 6.45) is 0.290. The lowest BCUT2D eigenvalue weighted by molar-refractivity contribution is -0.120. The number of ether oxygens (including phenoxy) is 2. The number of carbonyl (C=O) groups is 1. The van der Waals surface area contributed by atoms with E-state index < -0.39 is 0 Å². The Morgan fingerprint density at radius 3 is 2.76 bits per heavy atom. The standard InChI is InChI=1S/C17H17NO3/c1-12-5-2-3-6-14(12)10-18-16(19)9-13-7-4-8-15-17(13)21-11-20-15/h2-8H,9-11H2,1H3,(H,18,19). The largest absolute Gasteiger partial charge is 0.454 e. The molecule has 1 aliphatic heterocycles. The molecule has 0 fully saturated rings. The van der Waals surface area contributed by atoms with Gasteiger partial charge in [0.1, 0.15) is 0 Å². The van der Waals surface area contributed by atoms with Gasteiger partial charge in [-0.3, -0.25) is 4.79 Å². The number of fused-ring (bicyclic) bond motifs is 1. The average Bonchev–Trinajstić information content (AvgIpc) is 2.96. The molecule has 0 atom stereocenters. The van der Waals surface area contributed by atoms with Gasteiger partial charge in [0.25, 0.3) is 0 Å². The van der Waals surface area contributed by atoms with Crippen LogP contribution in [0.25, 0.3) is 0 Å². The fourth-order valence-corrected chi connectivity index (χ4v) is 2.37. The number of para-hydroxylation sites is 1. The first-order valence-electron chi connectivity index (χ1n) is 6.93. The highest BCUT2D eigenvalue weighted by molar-refractivity contribution is 5.79. The van der Waals surface area contributed by atoms with Gasteiger partial charge in [0.05, 0.1) is 6.42 Å². The van der Waals surface area contributed by atoms with Crippen molar-refractivity contribution in [2.45, 2.75) is 19.9 Å². The third-order valence-electron chi connectivity index (χ3n) is 3.57. The molecule has 0 spiro atoms. The van der Waals surface area contributed by atoms with E-state index in [1.165, 1.54) is 5.56 Å². The van der Waals surface area contributed by atoms with E-state index in [2.05, 4.69) is 5.32 Å². The molecule has 4 heteroatoms. The molecule has 2 aromatic rings. The summed E-state index contributed by atoms with van der Waals surface area (Å²) in [5, 5.41) is 2.94. The average molecular weight is 283 g/mol. The number of hydrogen-bond acceptors (Lipinski definition) is 3. The van der Waals surface area contributed by atoms with E-state index in [4.69, 9.17) is 9.47 Å². The lowest BCUT2D eigenvalue weighted by Crippen LogP contribution is -2.25. The maximum absolute atomic E-state index is 12.1. The van der Waals surface area contributed by atoms with Crippen molar-refractivity contribution in [2.24, 2.45) is 0 Å². The second kappa shape index (κ2) is 5.87. The summed E-state index contributed by atoms with van der Waals surface area (Å²) in [5.74, 6) is 1.37. The summed E-state index contributed by atoms with van der Waals surface area (Å²) in [6.45, 7) is 2.80. The molecule has 0 aliphatic carbocycles. The molecule has 0 saturated heterocycles. The van der Waals surface area contributed by atoms with E-state index in [1.54, 1.807) is 0 Å². The van der Waals surface area contributed by atoms with Crippen molar-refractivity contribution in [2.75, 3.05) is 6.79 Å². The van der Waals surface area contributed by atoms with Gasteiger partial charge < -0.3 is 14.8 Å². The van der Waals surface area contributed by atoms with Crippen molar-refractivity contribution >= 4 is 5.91 Å². The Morgan fingerprint density at radius 1 is 1.10 bits per heavy atom. The molecule has 0 saturated carbocycles. The van der Waals surface area contributed by atoms with Crippen molar-refractivity contribution in [3.8, 4) is 11.5 Å². The fourth-order valence-electron chi connectivity index (χ4n) is 2.37. The van der Waals surface area contributed by atoms with Crippen molar-refractivity contribution < 1.29 is 14.3 Å². The van der Waals surface area contributed by atoms with Gasteiger partial charge in [-0.25, -0.2) is 0 Å². The highest BCUT2D eigenvalue weighted by Crippen LogP contribution is 2.35. The molecular weight excluding hydrogens is 266 g/mol. The molecule has 0 bridgehead atoms. The summed E-state index contributed by atoms with van der Waals surface area (Å²) in [6, 6.07) is 13.6. The van der Waals surface area contributed by atoms with Gasteiger partial charge >= 0.3 is 0 Å². The second-order valence-electron chi connectivity index (χ2n) is 5.03. The SMILES string of the molecule is Cc1ccccc1CNC(=O)Cc1cccc2c1OCO2. The molecule has 108 valence electrons. The first-order valence-corrected chi connectivity index (χ1v) is 6.93. The molecule has 0 aromatic heterocycles. The molecule has 1 N–H and O–H groups in total. The summed E-state index contributed by atoms with van der Waals surface area (Å²) < 4.78 is 10.7. The predicted molar refractivity (Wildman–Crippen MR) is 79.3 cm³/mol. The highest BCUT2D eigenvalue weighted by atomic mass is 16.7. The van der Waals surface area contributed by atoms with Gasteiger partial charge in [0.2, 0.25) is 12.7 Å². The Kier molecular flexibility index (Phi) is 3.77. The number of rotatable bonds is 4. The summed E-state index contributed by atoms with van der Waals surface area (Å²) >= 11 is 0. The van der Waals surface area contributed by atoms with Crippen LogP contribution in [0.3, 0.4) is 0 Å². The Hall–Kier alpha value is -2.49. The van der Waals surface area contributed by atoms with Crippen LogP contribution < -0.4 is 14.8 Å². The van der Waals surface area contributed by atoms with E-state index in [0.29, 0.717) is 24.5 Å². The van der Waals surface area contributed by atoms with E-state index in [9.17, 15) is 4.79 Å². The van der Waals surface area contributed by atoms with Crippen LogP contribution >= 0.6 is 0 Å². The van der Waals surface area contributed by atoms with E-state index >= 15 is 0 Å². The van der Waals surface area contributed by atoms with Gasteiger partial charge in [0, 0.05) is 12.1 Å². The van der Waals surface area contributed by atoms with E-state index in [0.717, 1.165) is 11.1 Å². The van der Waals surface area contributed by atoms with Crippen LogP contribution in [0, 0.1) is 6.92 Å². The van der Waals surface area contributed by atoms with Crippen molar-refractivity contribution in [3.05, 3.63) is 59.2 Å². The van der Waals surface area contributed by atoms with Crippen molar-refractivity contribution in [1.29, 1.82) is 0 Å². The second-order valence-corrected chi connectivity index (χ2v) is 5.03. The van der Waals surface area contributed by atoms with Crippen molar-refractivity contribution in [3.63, 3.8) is 0 Å². The maximum Gasteiger partial charge on any atom is 0.231 e. The number of amides is 1. The number of aryl methyl sites for hydroxylation is 1. The molecule has 4 nitrogen and oxygen atoms in total. The number of carbonyl (C=O) groups excluding carboxylic acids is 1. The van der Waals surface area contributed by atoms with Gasteiger partial charge in [-0.1, -0.05) is 36.4 Å². The number of benzene rings is 2. The monoisotopic (exact) mass is 283 g/mol. The lowest BCUT2D eigenvalue weighted by Gasteiger charge is -2.09. The summed E-state index contributed by atoms with van der Waals surface area (Å²) in [5.41, 5.74) is 3.16. The van der Waals surface area contributed by atoms with Crippen LogP contribution in [0.1, 0.15) is 16.7 Å². The van der Waals surface area contributed by atoms with Crippen LogP contribution in [0.5, 0.6) is 11.5 Å². The molecule has 0 radical (unpaired) electrons. The highest BCUT2D eigenvalue weighted by Gasteiger charge is 2.18. The quantitative estimate of drug-likeness (QED) is 0.938. The lowest BCUT2D eigenvalue weighted by atomic mass is 10.1. The molecule has 1 aliphatic rings. The molecule has 1 amide bonds. The topological polar surface area (TPSA) is 47.6 Å². The van der Waals surface area contributed by atoms with Crippen LogP contribution in [-0.2, 0) is 17.8 Å². The first-order chi connectivity index (χ1) is 10.2. The Balaban J connectivity index is 1.63. The normalized spacial score (nSPS) is 12.2. The van der Waals surface area contributed by atoms with E-state index in [1.807, 2.05) is 49.4 Å². The zero-order valence-corrected chi connectivity index (χ0v) is 11.9. The minimum Gasteiger partial charge on any atom is -0.454 e. The summed E-state index contributed by atoms with van der Waals surface area (Å²) in [7, 11) is 0. The fraction of sp³-hybridized carbons (Fsp3) is 0.235. The zero-order chi connectivity index (χ0) is 14.7. The van der Waals surface area contributed by atoms with Crippen LogP contribution in [-0.4, -0.2) is 12.7 Å². The zero-order valence-electron chi connectivity index (χ0n) is 11.9. The van der Waals surface area contributed by atoms with Gasteiger partial charge in [0.15, 0.2) is 11.5 Å². The van der Waals surface area contributed by atoms with E-state index in [-0.39, 0.29) is 12.7 Å². The minimum atomic E-state index is -0.0258. The minimum absolute atomic E-state index is 0.0258. The Morgan fingerprint density at radius 2 is 1.90 bits per heavy atom. The Bertz CT molecular complexity index is 667. The van der Waals surface area contributed by atoms with Crippen LogP contribution in [0.2, 0.25) is 0 Å². The summed E-state index contributed by atoms with van der Waals surface area (Å²) in [4.78, 5) is 12.1. The van der Waals surface area contributed by atoms with Gasteiger partial charge in [-0.05, 0) is 24.1 Å². The van der Waals surface area contributed by atoms with Gasteiger partial charge in [-0.15, -0.1) is 0 Å². The molecule has 2 aromatic carbocycles. The number of nitrogens with one attached hydrogen (secondary N) is 1. The van der Waals surface area contributed by atoms with Gasteiger partial charge in [-0.2, -0.15) is 0 Å². The van der Waals surface area contributed by atoms with Crippen molar-refractivity contribution in [1.82, 2.24) is 5.32 Å². The third-order valence-corrected chi connectivity index (χ3v) is 3.57. The molecular formula is C17H17NO3. The first kappa shape index (κ1) is 13.5. The molecule has 21 heavy (non-hydrogen) atoms. The predicted octanol–water partition coefficient (Wildman–Crippen LogP) is 2.58. The molecule has 3 rings (SSSR count). The maximum atomic E-state index is 12.1. The smallest absolute Gasteiger partial charge is 0.231 e. The van der Waals surface area contributed by atoms with Crippen LogP contribution in [0.4, 0.5) is 0 Å². The van der Waals surface area contributed by atoms with Crippen LogP contribution in [0.15, 0.2) is 42.5 Å². The Labute approximate surface area is 123 Å². The molecule has 1 heterocycles. The third kappa shape index (κ3) is 2.99.